The number of nitrogens with one attached hydrogen (secondary N) is 1. The maximum atomic E-state index is 5.77. The standard InChI is InChI=1S/C17H28N2O/c1-14-12-16(13-15(2)20-14)18-10-7-11-19(3)17-8-5-4-6-9-17/h4-6,8-9,14-16,18H,7,10-13H2,1-3H3. The molecule has 1 aliphatic rings. The van der Waals surface area contributed by atoms with Gasteiger partial charge in [-0.1, -0.05) is 18.2 Å². The molecule has 2 atom stereocenters. The van der Waals surface area contributed by atoms with E-state index in [4.69, 9.17) is 4.74 Å². The zero-order valence-corrected chi connectivity index (χ0v) is 13.0. The van der Waals surface area contributed by atoms with E-state index < -0.39 is 0 Å². The van der Waals surface area contributed by atoms with Crippen molar-refractivity contribution < 1.29 is 4.74 Å². The summed E-state index contributed by atoms with van der Waals surface area (Å²) in [6.45, 7) is 6.52. The summed E-state index contributed by atoms with van der Waals surface area (Å²) in [5, 5.41) is 3.68. The lowest BCUT2D eigenvalue weighted by molar-refractivity contribution is -0.0419. The Labute approximate surface area is 123 Å². The van der Waals surface area contributed by atoms with Crippen LogP contribution in [-0.2, 0) is 4.74 Å². The molecule has 1 saturated heterocycles. The smallest absolute Gasteiger partial charge is 0.0565 e. The number of anilines is 1. The van der Waals surface area contributed by atoms with Crippen LogP contribution in [0.25, 0.3) is 0 Å². The highest BCUT2D eigenvalue weighted by Gasteiger charge is 2.23. The predicted molar refractivity (Wildman–Crippen MR) is 85.4 cm³/mol. The van der Waals surface area contributed by atoms with Crippen molar-refractivity contribution in [3.63, 3.8) is 0 Å². The van der Waals surface area contributed by atoms with Crippen LogP contribution in [0.1, 0.15) is 33.1 Å². The van der Waals surface area contributed by atoms with Gasteiger partial charge in [0.05, 0.1) is 12.2 Å². The second-order valence-electron chi connectivity index (χ2n) is 5.99. The van der Waals surface area contributed by atoms with E-state index >= 15 is 0 Å². The molecular formula is C17H28N2O. The maximum absolute atomic E-state index is 5.77. The molecule has 0 aromatic heterocycles. The molecule has 3 nitrogen and oxygen atoms in total. The number of hydrogen-bond donors (Lipinski definition) is 1. The van der Waals surface area contributed by atoms with Crippen molar-refractivity contribution in [1.29, 1.82) is 0 Å². The van der Waals surface area contributed by atoms with Crippen LogP contribution >= 0.6 is 0 Å². The Balaban J connectivity index is 1.64. The second-order valence-corrected chi connectivity index (χ2v) is 5.99. The van der Waals surface area contributed by atoms with Crippen LogP contribution in [0, 0.1) is 0 Å². The van der Waals surface area contributed by atoms with Gasteiger partial charge < -0.3 is 15.0 Å². The van der Waals surface area contributed by atoms with Gasteiger partial charge in [0.25, 0.3) is 0 Å². The number of para-hydroxylation sites is 1. The van der Waals surface area contributed by atoms with Crippen LogP contribution in [0.3, 0.4) is 0 Å². The van der Waals surface area contributed by atoms with Crippen LogP contribution in [-0.4, -0.2) is 38.4 Å². The van der Waals surface area contributed by atoms with Crippen LogP contribution in [0.4, 0.5) is 5.69 Å². The van der Waals surface area contributed by atoms with E-state index in [9.17, 15) is 0 Å². The molecule has 20 heavy (non-hydrogen) atoms. The second kappa shape index (κ2) is 7.65. The normalized spacial score (nSPS) is 26.4. The Morgan fingerprint density at radius 2 is 1.80 bits per heavy atom. The summed E-state index contributed by atoms with van der Waals surface area (Å²) in [6, 6.07) is 11.2. The molecule has 112 valence electrons. The monoisotopic (exact) mass is 276 g/mol. The van der Waals surface area contributed by atoms with E-state index in [0.29, 0.717) is 18.2 Å². The van der Waals surface area contributed by atoms with Gasteiger partial charge in [0.15, 0.2) is 0 Å². The van der Waals surface area contributed by atoms with E-state index in [-0.39, 0.29) is 0 Å². The van der Waals surface area contributed by atoms with Gasteiger partial charge in [-0.15, -0.1) is 0 Å². The molecule has 1 aromatic carbocycles. The number of rotatable bonds is 6. The molecule has 3 heteroatoms. The quantitative estimate of drug-likeness (QED) is 0.808. The lowest BCUT2D eigenvalue weighted by Gasteiger charge is -2.32. The van der Waals surface area contributed by atoms with Gasteiger partial charge in [-0.25, -0.2) is 0 Å². The molecule has 0 amide bonds. The lowest BCUT2D eigenvalue weighted by atomic mass is 10.00. The molecule has 1 heterocycles. The fraction of sp³-hybridized carbons (Fsp3) is 0.647. The van der Waals surface area contributed by atoms with Crippen LogP contribution in [0.5, 0.6) is 0 Å². The molecule has 1 aliphatic heterocycles. The maximum Gasteiger partial charge on any atom is 0.0565 e. The molecule has 0 bridgehead atoms. The number of hydrogen-bond acceptors (Lipinski definition) is 3. The Hall–Kier alpha value is -1.06. The third-order valence-electron chi connectivity index (χ3n) is 4.00. The topological polar surface area (TPSA) is 24.5 Å². The Bertz CT molecular complexity index is 372. The highest BCUT2D eigenvalue weighted by atomic mass is 16.5. The van der Waals surface area contributed by atoms with Gasteiger partial charge in [0.1, 0.15) is 0 Å². The minimum atomic E-state index is 0.392. The highest BCUT2D eigenvalue weighted by molar-refractivity contribution is 5.44. The lowest BCUT2D eigenvalue weighted by Crippen LogP contribution is -2.42. The Kier molecular flexibility index (Phi) is 5.86. The Morgan fingerprint density at radius 3 is 2.45 bits per heavy atom. The van der Waals surface area contributed by atoms with Gasteiger partial charge in [-0.2, -0.15) is 0 Å². The van der Waals surface area contributed by atoms with E-state index in [1.807, 2.05) is 0 Å². The largest absolute Gasteiger partial charge is 0.375 e. The average Bonchev–Trinajstić information content (AvgIpc) is 2.43. The van der Waals surface area contributed by atoms with Crippen molar-refractivity contribution in [2.75, 3.05) is 25.0 Å². The van der Waals surface area contributed by atoms with Crippen molar-refractivity contribution in [3.05, 3.63) is 30.3 Å². The van der Waals surface area contributed by atoms with E-state index in [2.05, 4.69) is 61.4 Å². The van der Waals surface area contributed by atoms with Crippen molar-refractivity contribution in [1.82, 2.24) is 5.32 Å². The van der Waals surface area contributed by atoms with Crippen molar-refractivity contribution in [2.24, 2.45) is 0 Å². The molecule has 1 N–H and O–H groups in total. The first-order valence-corrected chi connectivity index (χ1v) is 7.80. The van der Waals surface area contributed by atoms with E-state index in [1.165, 1.54) is 12.1 Å². The molecule has 2 rings (SSSR count). The predicted octanol–water partition coefficient (Wildman–Crippen LogP) is 3.06. The van der Waals surface area contributed by atoms with Gasteiger partial charge in [-0.05, 0) is 51.8 Å². The van der Waals surface area contributed by atoms with Crippen LogP contribution < -0.4 is 10.2 Å². The first-order chi connectivity index (χ1) is 9.65. The van der Waals surface area contributed by atoms with Gasteiger partial charge >= 0.3 is 0 Å². The van der Waals surface area contributed by atoms with E-state index in [0.717, 1.165) is 25.9 Å². The van der Waals surface area contributed by atoms with Gasteiger partial charge in [-0.3, -0.25) is 0 Å². The first-order valence-electron chi connectivity index (χ1n) is 7.80. The fourth-order valence-corrected chi connectivity index (χ4v) is 3.01. The molecule has 0 aliphatic carbocycles. The summed E-state index contributed by atoms with van der Waals surface area (Å²) < 4.78 is 5.77. The van der Waals surface area contributed by atoms with Crippen LogP contribution in [0.15, 0.2) is 30.3 Å². The summed E-state index contributed by atoms with van der Waals surface area (Å²) in [5.74, 6) is 0. The molecule has 0 saturated carbocycles. The summed E-state index contributed by atoms with van der Waals surface area (Å²) in [5.41, 5.74) is 1.29. The highest BCUT2D eigenvalue weighted by Crippen LogP contribution is 2.19. The van der Waals surface area contributed by atoms with Gasteiger partial charge in [0.2, 0.25) is 0 Å². The molecule has 1 fully saturated rings. The number of ether oxygens (including phenoxy) is 1. The van der Waals surface area contributed by atoms with Crippen LogP contribution in [0.2, 0.25) is 0 Å². The molecule has 2 unspecified atom stereocenters. The van der Waals surface area contributed by atoms with E-state index in [1.54, 1.807) is 0 Å². The first kappa shape index (κ1) is 15.3. The zero-order valence-electron chi connectivity index (χ0n) is 13.0. The fourth-order valence-electron chi connectivity index (χ4n) is 3.01. The molecule has 0 radical (unpaired) electrons. The average molecular weight is 276 g/mol. The Morgan fingerprint density at radius 1 is 1.15 bits per heavy atom. The number of nitrogens with zero attached hydrogens (tertiary/aromatic N) is 1. The number of benzene rings is 1. The third kappa shape index (κ3) is 4.80. The third-order valence-corrected chi connectivity index (χ3v) is 4.00. The minimum Gasteiger partial charge on any atom is -0.375 e. The van der Waals surface area contributed by atoms with Crippen molar-refractivity contribution in [3.8, 4) is 0 Å². The molecule has 1 aromatic rings. The SMILES string of the molecule is CC1CC(NCCCN(C)c2ccccc2)CC(C)O1. The zero-order chi connectivity index (χ0) is 14.4. The van der Waals surface area contributed by atoms with Crippen molar-refractivity contribution >= 4 is 5.69 Å². The van der Waals surface area contributed by atoms with Crippen molar-refractivity contribution in [2.45, 2.75) is 51.4 Å². The summed E-state index contributed by atoms with van der Waals surface area (Å²) in [4.78, 5) is 2.32. The summed E-state index contributed by atoms with van der Waals surface area (Å²) in [7, 11) is 2.16. The molecule has 0 spiro atoms. The minimum absolute atomic E-state index is 0.392. The molecular weight excluding hydrogens is 248 g/mol. The summed E-state index contributed by atoms with van der Waals surface area (Å²) >= 11 is 0. The summed E-state index contributed by atoms with van der Waals surface area (Å²) in [6.07, 6.45) is 4.23. The van der Waals surface area contributed by atoms with Gasteiger partial charge in [0, 0.05) is 25.3 Å².